The van der Waals surface area contributed by atoms with E-state index >= 15 is 0 Å². The van der Waals surface area contributed by atoms with E-state index in [1.807, 2.05) is 0 Å². The van der Waals surface area contributed by atoms with Gasteiger partial charge in [0, 0.05) is 12.5 Å². The van der Waals surface area contributed by atoms with Crippen LogP contribution in [0, 0.1) is 0 Å². The summed E-state index contributed by atoms with van der Waals surface area (Å²) in [5.41, 5.74) is 2.93. The molecule has 1 amide bonds. The zero-order valence-electron chi connectivity index (χ0n) is 10.2. The molecule has 0 aromatic heterocycles. The fourth-order valence-electron chi connectivity index (χ4n) is 1.11. The molecule has 0 spiro atoms. The molecule has 0 aliphatic heterocycles. The number of rotatable bonds is 5. The highest BCUT2D eigenvalue weighted by Gasteiger charge is 2.04. The molecule has 0 atom stereocenters. The van der Waals surface area contributed by atoms with Gasteiger partial charge in [0.15, 0.2) is 6.61 Å². The van der Waals surface area contributed by atoms with Crippen LogP contribution in [-0.2, 0) is 14.3 Å². The molecule has 0 fully saturated rings. The molecule has 6 nitrogen and oxygen atoms in total. The molecule has 1 aromatic rings. The lowest BCUT2D eigenvalue weighted by atomic mass is 10.2. The number of nitrogens with zero attached hydrogens (tertiary/aromatic N) is 1. The Morgan fingerprint density at radius 3 is 2.78 bits per heavy atom. The van der Waals surface area contributed by atoms with E-state index in [9.17, 15) is 9.59 Å². The van der Waals surface area contributed by atoms with Gasteiger partial charge in [-0.1, -0.05) is 12.1 Å². The monoisotopic (exact) mass is 250 g/mol. The normalized spacial score (nSPS) is 10.1. The zero-order chi connectivity index (χ0) is 13.4. The third kappa shape index (κ3) is 4.65. The van der Waals surface area contributed by atoms with Crippen LogP contribution in [0.3, 0.4) is 0 Å². The summed E-state index contributed by atoms with van der Waals surface area (Å²) in [4.78, 5) is 21.6. The van der Waals surface area contributed by atoms with Crippen molar-refractivity contribution in [2.75, 3.05) is 13.7 Å². The van der Waals surface area contributed by atoms with Crippen LogP contribution in [0.5, 0.6) is 5.75 Å². The lowest BCUT2D eigenvalue weighted by Gasteiger charge is -2.07. The third-order valence-corrected chi connectivity index (χ3v) is 1.92. The minimum Gasteiger partial charge on any atom is -0.481 e. The van der Waals surface area contributed by atoms with Crippen LogP contribution in [0.25, 0.3) is 0 Å². The lowest BCUT2D eigenvalue weighted by molar-refractivity contribution is -0.142. The van der Waals surface area contributed by atoms with Crippen molar-refractivity contribution in [2.24, 2.45) is 5.10 Å². The van der Waals surface area contributed by atoms with Gasteiger partial charge in [-0.25, -0.2) is 10.2 Å². The number of hydrogen-bond donors (Lipinski definition) is 1. The van der Waals surface area contributed by atoms with Crippen molar-refractivity contribution in [3.8, 4) is 5.75 Å². The average Bonchev–Trinajstić information content (AvgIpc) is 2.36. The van der Waals surface area contributed by atoms with Gasteiger partial charge in [-0.2, -0.15) is 5.10 Å². The average molecular weight is 250 g/mol. The maximum Gasteiger partial charge on any atom is 0.343 e. The number of hydrazone groups is 1. The van der Waals surface area contributed by atoms with Crippen LogP contribution in [0.2, 0.25) is 0 Å². The first-order chi connectivity index (χ1) is 8.63. The summed E-state index contributed by atoms with van der Waals surface area (Å²) in [5.74, 6) is -0.250. The number of ether oxygens (including phenoxy) is 2. The largest absolute Gasteiger partial charge is 0.481 e. The second kappa shape index (κ2) is 7.05. The van der Waals surface area contributed by atoms with Crippen molar-refractivity contribution in [3.63, 3.8) is 0 Å². The highest BCUT2D eigenvalue weighted by Crippen LogP contribution is 2.15. The summed E-state index contributed by atoms with van der Waals surface area (Å²) in [6.45, 7) is 1.18. The van der Waals surface area contributed by atoms with E-state index in [0.717, 1.165) is 0 Å². The van der Waals surface area contributed by atoms with Gasteiger partial charge in [-0.3, -0.25) is 4.79 Å². The molecule has 96 valence electrons. The Kier molecular flexibility index (Phi) is 5.37. The van der Waals surface area contributed by atoms with Gasteiger partial charge in [0.05, 0.1) is 13.3 Å². The first-order valence-corrected chi connectivity index (χ1v) is 5.21. The van der Waals surface area contributed by atoms with Crippen molar-refractivity contribution in [1.29, 1.82) is 0 Å². The van der Waals surface area contributed by atoms with Crippen LogP contribution in [0.1, 0.15) is 12.5 Å². The predicted octanol–water partition coefficient (Wildman–Crippen LogP) is 0.708. The van der Waals surface area contributed by atoms with E-state index in [1.165, 1.54) is 20.2 Å². The predicted molar refractivity (Wildman–Crippen MR) is 65.4 cm³/mol. The molecular weight excluding hydrogens is 236 g/mol. The molecule has 1 rings (SSSR count). The van der Waals surface area contributed by atoms with Gasteiger partial charge in [0.1, 0.15) is 5.75 Å². The molecule has 1 N–H and O–H groups in total. The molecule has 0 unspecified atom stereocenters. The van der Waals surface area contributed by atoms with Crippen molar-refractivity contribution in [2.45, 2.75) is 6.92 Å². The molecule has 0 aliphatic rings. The first kappa shape index (κ1) is 13.7. The first-order valence-electron chi connectivity index (χ1n) is 5.21. The van der Waals surface area contributed by atoms with E-state index in [0.29, 0.717) is 11.3 Å². The number of methoxy groups -OCH3 is 1. The second-order valence-electron chi connectivity index (χ2n) is 3.33. The SMILES string of the molecule is COC(=O)COc1ccccc1/C=N\NC(C)=O. The summed E-state index contributed by atoms with van der Waals surface area (Å²) < 4.78 is 9.74. The van der Waals surface area contributed by atoms with Crippen molar-refractivity contribution >= 4 is 18.1 Å². The van der Waals surface area contributed by atoms with Crippen molar-refractivity contribution in [1.82, 2.24) is 5.43 Å². The number of esters is 1. The minimum absolute atomic E-state index is 0.179. The topological polar surface area (TPSA) is 77.0 Å². The lowest BCUT2D eigenvalue weighted by Crippen LogP contribution is -2.14. The zero-order valence-corrected chi connectivity index (χ0v) is 10.2. The molecule has 6 heteroatoms. The van der Waals surface area contributed by atoms with E-state index in [1.54, 1.807) is 24.3 Å². The number of carbonyl (C=O) groups excluding carboxylic acids is 2. The van der Waals surface area contributed by atoms with Gasteiger partial charge < -0.3 is 9.47 Å². The Hall–Kier alpha value is -2.37. The van der Waals surface area contributed by atoms with E-state index in [4.69, 9.17) is 4.74 Å². The minimum atomic E-state index is -0.469. The fourth-order valence-corrected chi connectivity index (χ4v) is 1.11. The molecule has 0 bridgehead atoms. The number of hydrogen-bond acceptors (Lipinski definition) is 5. The van der Waals surface area contributed by atoms with Crippen molar-refractivity contribution < 1.29 is 19.1 Å². The summed E-state index contributed by atoms with van der Waals surface area (Å²) in [6, 6.07) is 7.00. The Morgan fingerprint density at radius 1 is 1.39 bits per heavy atom. The van der Waals surface area contributed by atoms with Gasteiger partial charge >= 0.3 is 5.97 Å². The van der Waals surface area contributed by atoms with Crippen LogP contribution in [0.4, 0.5) is 0 Å². The number of amides is 1. The molecule has 18 heavy (non-hydrogen) atoms. The highest BCUT2D eigenvalue weighted by molar-refractivity contribution is 5.85. The maximum atomic E-state index is 11.0. The second-order valence-corrected chi connectivity index (χ2v) is 3.33. The summed E-state index contributed by atoms with van der Waals surface area (Å²) in [6.07, 6.45) is 1.44. The van der Waals surface area contributed by atoms with E-state index in [-0.39, 0.29) is 12.5 Å². The molecule has 0 heterocycles. The van der Waals surface area contributed by atoms with Crippen LogP contribution >= 0.6 is 0 Å². The highest BCUT2D eigenvalue weighted by atomic mass is 16.6. The van der Waals surface area contributed by atoms with Gasteiger partial charge in [-0.15, -0.1) is 0 Å². The van der Waals surface area contributed by atoms with Crippen LogP contribution in [-0.4, -0.2) is 31.8 Å². The molecule has 1 aromatic carbocycles. The third-order valence-electron chi connectivity index (χ3n) is 1.92. The molecule has 0 saturated heterocycles. The molecule has 0 saturated carbocycles. The smallest absolute Gasteiger partial charge is 0.343 e. The Bertz CT molecular complexity index is 457. The summed E-state index contributed by atoms with van der Waals surface area (Å²) in [5, 5.41) is 3.73. The molecule has 0 radical (unpaired) electrons. The number of para-hydroxylation sites is 1. The maximum absolute atomic E-state index is 11.0. The van der Waals surface area contributed by atoms with Crippen molar-refractivity contribution in [3.05, 3.63) is 29.8 Å². The standard InChI is InChI=1S/C12H14N2O4/c1-9(15)14-13-7-10-5-3-4-6-11(10)18-8-12(16)17-2/h3-7H,8H2,1-2H3,(H,14,15)/b13-7-. The summed E-state index contributed by atoms with van der Waals surface area (Å²) in [7, 11) is 1.29. The van der Waals surface area contributed by atoms with Gasteiger partial charge in [-0.05, 0) is 12.1 Å². The Morgan fingerprint density at radius 2 is 2.11 bits per heavy atom. The Balaban J connectivity index is 2.70. The summed E-state index contributed by atoms with van der Waals surface area (Å²) >= 11 is 0. The van der Waals surface area contributed by atoms with Crippen LogP contribution < -0.4 is 10.2 Å². The molecule has 0 aliphatic carbocycles. The van der Waals surface area contributed by atoms with Gasteiger partial charge in [0.2, 0.25) is 5.91 Å². The number of benzene rings is 1. The molecular formula is C12H14N2O4. The van der Waals surface area contributed by atoms with Crippen LogP contribution in [0.15, 0.2) is 29.4 Å². The van der Waals surface area contributed by atoms with Gasteiger partial charge in [0.25, 0.3) is 0 Å². The number of carbonyl (C=O) groups is 2. The van der Waals surface area contributed by atoms with E-state index in [2.05, 4.69) is 15.3 Å². The quantitative estimate of drug-likeness (QED) is 0.474. The fraction of sp³-hybridized carbons (Fsp3) is 0.250. The number of nitrogens with one attached hydrogen (secondary N) is 1. The Labute approximate surface area is 105 Å². The van der Waals surface area contributed by atoms with E-state index < -0.39 is 5.97 Å².